The van der Waals surface area contributed by atoms with Gasteiger partial charge in [-0.1, -0.05) is 77.8 Å². The molecule has 61 heavy (non-hydrogen) atoms. The van der Waals surface area contributed by atoms with E-state index in [2.05, 4.69) is 11.4 Å². The summed E-state index contributed by atoms with van der Waals surface area (Å²) in [4.78, 5) is 41.9. The van der Waals surface area contributed by atoms with Crippen LogP contribution in [0, 0.1) is 11.3 Å². The fraction of sp³-hybridized carbons (Fsp3) is 0.277. The number of hydrogen-bond acceptors (Lipinski definition) is 9. The number of ether oxygens (including phenoxy) is 5. The highest BCUT2D eigenvalue weighted by molar-refractivity contribution is 6.42. The van der Waals surface area contributed by atoms with Crippen LogP contribution in [-0.2, 0) is 45.1 Å². The molecule has 312 valence electrons. The van der Waals surface area contributed by atoms with Crippen molar-refractivity contribution in [2.24, 2.45) is 0 Å². The lowest BCUT2D eigenvalue weighted by atomic mass is 9.92. The Morgan fingerprint density at radius 3 is 2.23 bits per heavy atom. The van der Waals surface area contributed by atoms with Gasteiger partial charge in [-0.15, -0.1) is 0 Å². The molecule has 5 aromatic carbocycles. The Labute approximate surface area is 362 Å². The van der Waals surface area contributed by atoms with Gasteiger partial charge in [0.2, 0.25) is 5.91 Å². The Hall–Kier alpha value is -6.26. The van der Waals surface area contributed by atoms with Crippen LogP contribution >= 0.6 is 23.2 Å². The molecule has 0 bridgehead atoms. The number of nitrogens with one attached hydrogen (secondary N) is 1. The molecule has 12 nitrogen and oxygen atoms in total. The molecule has 0 radical (unpaired) electrons. The van der Waals surface area contributed by atoms with Crippen molar-refractivity contribution in [2.45, 2.75) is 63.1 Å². The maximum atomic E-state index is 14.1. The molecule has 0 aromatic heterocycles. The van der Waals surface area contributed by atoms with Gasteiger partial charge in [0.15, 0.2) is 17.6 Å². The van der Waals surface area contributed by atoms with E-state index < -0.39 is 36.2 Å². The van der Waals surface area contributed by atoms with Crippen molar-refractivity contribution in [3.63, 3.8) is 0 Å². The van der Waals surface area contributed by atoms with Gasteiger partial charge in [0, 0.05) is 25.7 Å². The average Bonchev–Trinajstić information content (AvgIpc) is 3.28. The van der Waals surface area contributed by atoms with Gasteiger partial charge in [0.05, 0.1) is 41.4 Å². The van der Waals surface area contributed by atoms with E-state index in [1.807, 2.05) is 78.9 Å². The molecular formula is C47H41Cl2N3O9. The quantitative estimate of drug-likeness (QED) is 0.132. The van der Waals surface area contributed by atoms with E-state index in [1.54, 1.807) is 24.3 Å². The first-order chi connectivity index (χ1) is 29.6. The molecule has 0 aliphatic carbocycles. The molecule has 1 saturated heterocycles. The number of carbonyl (C=O) groups excluding carboxylic acids is 2. The molecule has 8 rings (SSSR count). The van der Waals surface area contributed by atoms with Crippen molar-refractivity contribution in [3.8, 4) is 34.4 Å². The molecule has 2 N–H and O–H groups in total. The standard InChI is InChI=1S/C47H41Cl2N3O9/c48-38-14-5-30(19-39(38)49)26-58-36-12-10-33(11-13-36)44-27-59-42-22-34-21-41(52(25-35(34)23-43(42)61-44)47(56)60-37-15-17-57-18-16-37)45(53)51-40(46(54)55)20-28-1-6-31(7-2-28)32-8-3-29(24-50)4-9-32/h1-14,19,22-23,37,40-41,44H,15-18,20-21,25-27H2,(H,51,53)(H,54,55)/t40-,41?,44?/m0/s1. The molecule has 5 aromatic rings. The molecule has 0 spiro atoms. The summed E-state index contributed by atoms with van der Waals surface area (Å²) in [7, 11) is 0. The molecule has 0 saturated carbocycles. The molecule has 3 heterocycles. The summed E-state index contributed by atoms with van der Waals surface area (Å²) in [5.41, 5.74) is 6.33. The number of halogens is 2. The minimum atomic E-state index is -1.27. The number of benzene rings is 5. The minimum absolute atomic E-state index is 0.0128. The molecular weight excluding hydrogens is 821 g/mol. The van der Waals surface area contributed by atoms with E-state index in [-0.39, 0.29) is 32.1 Å². The normalized spacial score (nSPS) is 17.6. The van der Waals surface area contributed by atoms with Crippen molar-refractivity contribution in [1.29, 1.82) is 5.26 Å². The predicted octanol–water partition coefficient (Wildman–Crippen LogP) is 8.48. The summed E-state index contributed by atoms with van der Waals surface area (Å²) in [5.74, 6) is -0.169. The Bertz CT molecular complexity index is 2450. The zero-order valence-electron chi connectivity index (χ0n) is 32.9. The van der Waals surface area contributed by atoms with Crippen LogP contribution in [0.1, 0.15) is 52.3 Å². The number of fused-ring (bicyclic) bond motifs is 2. The Morgan fingerprint density at radius 1 is 0.852 bits per heavy atom. The summed E-state index contributed by atoms with van der Waals surface area (Å²) in [5, 5.41) is 23.0. The van der Waals surface area contributed by atoms with Crippen LogP contribution in [0.2, 0.25) is 10.0 Å². The molecule has 2 amide bonds. The van der Waals surface area contributed by atoms with Gasteiger partial charge in [0.1, 0.15) is 37.2 Å². The predicted molar refractivity (Wildman–Crippen MR) is 226 cm³/mol. The van der Waals surface area contributed by atoms with Gasteiger partial charge in [0.25, 0.3) is 0 Å². The number of aliphatic carboxylic acids is 1. The van der Waals surface area contributed by atoms with Gasteiger partial charge < -0.3 is 34.1 Å². The SMILES string of the molecule is N#Cc1ccc(-c2ccc(C[C@H](NC(=O)C3Cc4cc5c(cc4CN3C(=O)OC3CCOCC3)OC(c3ccc(OCc4ccc(Cl)c(Cl)c4)cc3)CO5)C(=O)O)cc2)cc1. The molecule has 3 aliphatic rings. The van der Waals surface area contributed by atoms with E-state index in [0.717, 1.165) is 33.4 Å². The van der Waals surface area contributed by atoms with Crippen molar-refractivity contribution in [2.75, 3.05) is 19.8 Å². The van der Waals surface area contributed by atoms with Crippen molar-refractivity contribution in [1.82, 2.24) is 10.2 Å². The Kier molecular flexibility index (Phi) is 12.6. The number of nitrogens with zero attached hydrogens (tertiary/aromatic N) is 2. The first-order valence-corrected chi connectivity index (χ1v) is 20.7. The average molecular weight is 863 g/mol. The highest BCUT2D eigenvalue weighted by Crippen LogP contribution is 2.41. The van der Waals surface area contributed by atoms with Crippen LogP contribution in [0.4, 0.5) is 4.79 Å². The number of carbonyl (C=O) groups is 3. The number of hydrogen-bond donors (Lipinski definition) is 2. The van der Waals surface area contributed by atoms with Crippen molar-refractivity contribution in [3.05, 3.63) is 147 Å². The minimum Gasteiger partial charge on any atom is -0.489 e. The summed E-state index contributed by atoms with van der Waals surface area (Å²) in [6, 6.07) is 30.8. The van der Waals surface area contributed by atoms with Gasteiger partial charge in [-0.3, -0.25) is 9.69 Å². The first kappa shape index (κ1) is 41.5. The lowest BCUT2D eigenvalue weighted by Crippen LogP contribution is -2.56. The van der Waals surface area contributed by atoms with Crippen LogP contribution in [0.25, 0.3) is 11.1 Å². The molecule has 3 atom stereocenters. The van der Waals surface area contributed by atoms with E-state index in [1.165, 1.54) is 4.90 Å². The lowest BCUT2D eigenvalue weighted by Gasteiger charge is -2.38. The maximum absolute atomic E-state index is 14.1. The lowest BCUT2D eigenvalue weighted by molar-refractivity contribution is -0.142. The summed E-state index contributed by atoms with van der Waals surface area (Å²) in [6.07, 6.45) is -0.300. The summed E-state index contributed by atoms with van der Waals surface area (Å²) < 4.78 is 29.9. The second-order valence-corrected chi connectivity index (χ2v) is 15.9. The molecule has 2 unspecified atom stereocenters. The van der Waals surface area contributed by atoms with Crippen LogP contribution < -0.4 is 19.5 Å². The number of nitriles is 1. The molecule has 14 heteroatoms. The monoisotopic (exact) mass is 861 g/mol. The second kappa shape index (κ2) is 18.6. The number of amides is 2. The van der Waals surface area contributed by atoms with Gasteiger partial charge in [-0.05, 0) is 87.5 Å². The van der Waals surface area contributed by atoms with Crippen LogP contribution in [0.5, 0.6) is 17.2 Å². The van der Waals surface area contributed by atoms with E-state index in [4.69, 9.17) is 52.1 Å². The van der Waals surface area contributed by atoms with E-state index in [9.17, 15) is 19.5 Å². The first-order valence-electron chi connectivity index (χ1n) is 19.9. The fourth-order valence-corrected chi connectivity index (χ4v) is 7.92. The third kappa shape index (κ3) is 9.87. The largest absolute Gasteiger partial charge is 0.489 e. The Balaban J connectivity index is 0.963. The van der Waals surface area contributed by atoms with Crippen LogP contribution in [0.3, 0.4) is 0 Å². The third-order valence-corrected chi connectivity index (χ3v) is 11.8. The highest BCUT2D eigenvalue weighted by atomic mass is 35.5. The van der Waals surface area contributed by atoms with Crippen molar-refractivity contribution >= 4 is 41.2 Å². The summed E-state index contributed by atoms with van der Waals surface area (Å²) >= 11 is 12.2. The van der Waals surface area contributed by atoms with Gasteiger partial charge in [-0.25, -0.2) is 9.59 Å². The zero-order valence-corrected chi connectivity index (χ0v) is 34.4. The van der Waals surface area contributed by atoms with Crippen molar-refractivity contribution < 1.29 is 43.2 Å². The highest BCUT2D eigenvalue weighted by Gasteiger charge is 2.39. The van der Waals surface area contributed by atoms with Crippen LogP contribution in [-0.4, -0.2) is 66.0 Å². The topological polar surface area (TPSA) is 157 Å². The van der Waals surface area contributed by atoms with Gasteiger partial charge >= 0.3 is 12.1 Å². The zero-order chi connectivity index (χ0) is 42.5. The Morgan fingerprint density at radius 2 is 1.54 bits per heavy atom. The summed E-state index contributed by atoms with van der Waals surface area (Å²) in [6.45, 7) is 1.49. The second-order valence-electron chi connectivity index (χ2n) is 15.1. The number of rotatable bonds is 11. The van der Waals surface area contributed by atoms with E-state index >= 15 is 0 Å². The number of carboxylic acid groups (broad SMARTS) is 1. The molecule has 1 fully saturated rings. The smallest absolute Gasteiger partial charge is 0.411 e. The van der Waals surface area contributed by atoms with Crippen LogP contribution in [0.15, 0.2) is 103 Å². The van der Waals surface area contributed by atoms with Gasteiger partial charge in [-0.2, -0.15) is 5.26 Å². The van der Waals surface area contributed by atoms with E-state index in [0.29, 0.717) is 71.1 Å². The third-order valence-electron chi connectivity index (χ3n) is 11.0. The maximum Gasteiger partial charge on any atom is 0.411 e. The molecule has 3 aliphatic heterocycles. The fourth-order valence-electron chi connectivity index (χ4n) is 7.59. The number of carboxylic acids is 1.